The van der Waals surface area contributed by atoms with Crippen molar-refractivity contribution < 1.29 is 38.1 Å². The lowest BCUT2D eigenvalue weighted by molar-refractivity contribution is -0.153. The summed E-state index contributed by atoms with van der Waals surface area (Å²) in [7, 11) is 7.88. The Kier molecular flexibility index (Phi) is 10.3. The van der Waals surface area contributed by atoms with Crippen LogP contribution < -0.4 is 0 Å². The highest BCUT2D eigenvalue weighted by molar-refractivity contribution is 8.33. The Bertz CT molecular complexity index is 1780. The lowest BCUT2D eigenvalue weighted by atomic mass is 9.95. The van der Waals surface area contributed by atoms with Crippen LogP contribution in [0.15, 0.2) is 95.5 Å². The van der Waals surface area contributed by atoms with Crippen molar-refractivity contribution in [2.24, 2.45) is 11.8 Å². The maximum absolute atomic E-state index is 12.5. The zero-order valence-corrected chi connectivity index (χ0v) is 30.2. The van der Waals surface area contributed by atoms with Crippen LogP contribution in [0.4, 0.5) is 0 Å². The molecule has 48 heavy (non-hydrogen) atoms. The summed E-state index contributed by atoms with van der Waals surface area (Å²) in [5.74, 6) is -0.100. The zero-order chi connectivity index (χ0) is 34.1. The molecule has 2 aromatic carbocycles. The van der Waals surface area contributed by atoms with E-state index >= 15 is 0 Å². The number of esters is 2. The predicted molar refractivity (Wildman–Crippen MR) is 188 cm³/mol. The molecule has 6 unspecified atom stereocenters. The van der Waals surface area contributed by atoms with Gasteiger partial charge in [-0.25, -0.2) is 9.59 Å². The monoisotopic (exact) mass is 705 g/mol. The third kappa shape index (κ3) is 6.66. The number of nitrogens with zero attached hydrogens (tertiary/aromatic N) is 1. The molecular weight excluding hydrogens is 667 g/mol. The van der Waals surface area contributed by atoms with Crippen LogP contribution in [0.5, 0.6) is 0 Å². The standard InChI is InChI=1S/C18H17NO4.C18H16O4.H5P3/c1-10-7-15(23-18(10)21)22-9-14-13-8-11-5-3-4-6-12(11)16(13)19(2)17(14)20;1-10-6-17(22-18(10)20)21-9-15-13-7-11-4-2-3-5-12(11)14(13)8-16(15)19;1-3-2/h3-7,9,13,15-16H,8H2,1-2H3;2-6,9,13-14,17H,7-8H2,1H3;3H,1-2H2/b14-9+;15-9+;/t13-,15?,16?;13-,14?,17?;/m10./s1. The number of likely N-dealkylation sites (N-methyl/N-ethyl adjacent to an activating group) is 1. The van der Waals surface area contributed by atoms with E-state index < -0.39 is 12.6 Å². The molecule has 1 amide bonds. The van der Waals surface area contributed by atoms with Gasteiger partial charge in [-0.3, -0.25) is 9.59 Å². The van der Waals surface area contributed by atoms with Crippen molar-refractivity contribution >= 4 is 49.4 Å². The van der Waals surface area contributed by atoms with E-state index in [-0.39, 0.29) is 47.4 Å². The van der Waals surface area contributed by atoms with Gasteiger partial charge in [0.25, 0.3) is 18.5 Å². The second-order valence-corrected chi connectivity index (χ2v) is 16.8. The first-order valence-electron chi connectivity index (χ1n) is 15.7. The molecule has 0 bridgehead atoms. The second kappa shape index (κ2) is 14.5. The fourth-order valence-corrected chi connectivity index (χ4v) is 7.32. The van der Waals surface area contributed by atoms with Crippen molar-refractivity contribution in [3.8, 4) is 0 Å². The normalized spacial score (nSPS) is 29.1. The van der Waals surface area contributed by atoms with Gasteiger partial charge in [0.2, 0.25) is 0 Å². The van der Waals surface area contributed by atoms with E-state index in [1.165, 1.54) is 34.8 Å². The van der Waals surface area contributed by atoms with Crippen molar-refractivity contribution in [2.75, 3.05) is 7.05 Å². The molecule has 8 rings (SSSR count). The Labute approximate surface area is 286 Å². The van der Waals surface area contributed by atoms with Crippen LogP contribution in [0.25, 0.3) is 0 Å². The van der Waals surface area contributed by atoms with Crippen LogP contribution in [0.3, 0.4) is 0 Å². The molecule has 0 aromatic heterocycles. The van der Waals surface area contributed by atoms with Crippen LogP contribution >= 0.6 is 25.8 Å². The first-order chi connectivity index (χ1) is 23.1. The van der Waals surface area contributed by atoms with Crippen LogP contribution in [-0.4, -0.2) is 48.2 Å². The van der Waals surface area contributed by atoms with Gasteiger partial charge in [-0.15, -0.1) is 17.9 Å². The summed E-state index contributed by atoms with van der Waals surface area (Å²) < 4.78 is 21.1. The van der Waals surface area contributed by atoms with Gasteiger partial charge >= 0.3 is 11.9 Å². The zero-order valence-electron chi connectivity index (χ0n) is 26.9. The maximum atomic E-state index is 12.5. The molecule has 9 nitrogen and oxygen atoms in total. The fraction of sp³-hybridized carbons (Fsp3) is 0.333. The minimum atomic E-state index is -0.740. The van der Waals surface area contributed by atoms with Gasteiger partial charge in [0.05, 0.1) is 24.1 Å². The summed E-state index contributed by atoms with van der Waals surface area (Å²) in [5.41, 5.74) is 7.50. The van der Waals surface area contributed by atoms with Gasteiger partial charge < -0.3 is 23.8 Å². The molecular formula is C36H38NO8P3. The number of ketones is 1. The predicted octanol–water partition coefficient (Wildman–Crippen LogP) is 5.99. The Morgan fingerprint density at radius 3 is 1.79 bits per heavy atom. The summed E-state index contributed by atoms with van der Waals surface area (Å²) in [6.07, 6.45) is 7.01. The number of amides is 1. The third-order valence-corrected chi connectivity index (χ3v) is 9.61. The van der Waals surface area contributed by atoms with Gasteiger partial charge in [0, 0.05) is 54.2 Å². The third-order valence-electron chi connectivity index (χ3n) is 9.61. The van der Waals surface area contributed by atoms with Gasteiger partial charge in [-0.1, -0.05) is 56.5 Å². The molecule has 250 valence electrons. The van der Waals surface area contributed by atoms with Crippen LogP contribution in [0.2, 0.25) is 0 Å². The number of hydrogen-bond acceptors (Lipinski definition) is 8. The van der Waals surface area contributed by atoms with Gasteiger partial charge in [0.15, 0.2) is 5.78 Å². The van der Waals surface area contributed by atoms with Crippen LogP contribution in [0, 0.1) is 11.8 Å². The Hall–Kier alpha value is -3.63. The molecule has 1 saturated heterocycles. The first-order valence-corrected chi connectivity index (χ1v) is 20.3. The molecule has 3 aliphatic carbocycles. The average molecular weight is 706 g/mol. The molecule has 6 aliphatic rings. The quantitative estimate of drug-likeness (QED) is 0.165. The summed E-state index contributed by atoms with van der Waals surface area (Å²) >= 11 is 0. The largest absolute Gasteiger partial charge is 0.458 e. The van der Waals surface area contributed by atoms with E-state index in [9.17, 15) is 19.2 Å². The Morgan fingerprint density at radius 1 is 0.729 bits per heavy atom. The Morgan fingerprint density at radius 2 is 1.23 bits per heavy atom. The lowest BCUT2D eigenvalue weighted by Gasteiger charge is -2.19. The molecule has 3 heterocycles. The number of carbonyl (C=O) groups excluding carboxylic acids is 4. The van der Waals surface area contributed by atoms with Crippen molar-refractivity contribution in [3.05, 3.63) is 118 Å². The van der Waals surface area contributed by atoms with E-state index in [0.717, 1.165) is 26.4 Å². The van der Waals surface area contributed by atoms with Crippen molar-refractivity contribution in [2.45, 2.75) is 57.6 Å². The minimum Gasteiger partial charge on any atom is -0.458 e. The summed E-state index contributed by atoms with van der Waals surface area (Å²) in [4.78, 5) is 49.2. The number of carbonyl (C=O) groups is 4. The number of benzene rings is 2. The molecule has 0 spiro atoms. The van der Waals surface area contributed by atoms with Crippen molar-refractivity contribution in [1.29, 1.82) is 0 Å². The number of Topliss-reactive ketones (excluding diaryl/α,β-unsaturated/α-hetero) is 1. The Balaban J connectivity index is 0.000000155. The van der Waals surface area contributed by atoms with Crippen molar-refractivity contribution in [1.82, 2.24) is 4.90 Å². The summed E-state index contributed by atoms with van der Waals surface area (Å²) in [5, 5.41) is 0. The highest BCUT2D eigenvalue weighted by atomic mass is 32.4. The topological polar surface area (TPSA) is 108 Å². The summed E-state index contributed by atoms with van der Waals surface area (Å²) in [6, 6.07) is 16.6. The van der Waals surface area contributed by atoms with E-state index in [1.54, 1.807) is 30.9 Å². The molecule has 2 aromatic rings. The fourth-order valence-electron chi connectivity index (χ4n) is 7.32. The number of allylic oxidation sites excluding steroid dienone is 1. The smallest absolute Gasteiger partial charge is 0.336 e. The van der Waals surface area contributed by atoms with Gasteiger partial charge in [0.1, 0.15) is 0 Å². The highest BCUT2D eigenvalue weighted by Gasteiger charge is 2.48. The van der Waals surface area contributed by atoms with E-state index in [2.05, 4.69) is 42.1 Å². The minimum absolute atomic E-state index is 0.0282. The molecule has 2 fully saturated rings. The number of likely N-dealkylation sites (tertiary alicyclic amines) is 1. The molecule has 8 atom stereocenters. The summed E-state index contributed by atoms with van der Waals surface area (Å²) in [6.45, 7) is 3.36. The maximum Gasteiger partial charge on any atom is 0.336 e. The lowest BCUT2D eigenvalue weighted by Crippen LogP contribution is -2.23. The van der Waals surface area contributed by atoms with Crippen LogP contribution in [-0.2, 0) is 51.0 Å². The second-order valence-electron chi connectivity index (χ2n) is 12.4. The SMILES string of the molecule is CC1=CC(O/C=C2/C(=O)CC3c4ccccc4C[C@H]23)OC1=O.CC1=CC(O/C=C2/C(=O)N(C)C3c4ccccc4C[C@H]23)OC1=O.PPP. The van der Waals surface area contributed by atoms with E-state index in [1.807, 2.05) is 31.3 Å². The number of ether oxygens (including phenoxy) is 4. The first kappa shape index (κ1) is 34.2. The van der Waals surface area contributed by atoms with Crippen molar-refractivity contribution in [3.63, 3.8) is 0 Å². The van der Waals surface area contributed by atoms with Crippen LogP contribution in [0.1, 0.15) is 54.5 Å². The molecule has 3 aliphatic heterocycles. The number of fused-ring (bicyclic) bond motifs is 6. The molecule has 0 N–H and O–H groups in total. The van der Waals surface area contributed by atoms with E-state index in [4.69, 9.17) is 18.9 Å². The molecule has 1 saturated carbocycles. The average Bonchev–Trinajstić information content (AvgIpc) is 3.88. The van der Waals surface area contributed by atoms with Gasteiger partial charge in [-0.05, 0) is 54.9 Å². The number of cyclic esters (lactones) is 2. The van der Waals surface area contributed by atoms with E-state index in [0.29, 0.717) is 23.1 Å². The molecule has 12 heteroatoms. The number of hydrogen-bond donors (Lipinski definition) is 0. The number of rotatable bonds is 4. The molecule has 0 radical (unpaired) electrons. The van der Waals surface area contributed by atoms with Gasteiger partial charge in [-0.2, -0.15) is 0 Å². The highest BCUT2D eigenvalue weighted by Crippen LogP contribution is 2.50.